The van der Waals surface area contributed by atoms with E-state index in [4.69, 9.17) is 0 Å². The molecule has 0 saturated heterocycles. The van der Waals surface area contributed by atoms with E-state index in [1.807, 2.05) is 0 Å². The Morgan fingerprint density at radius 2 is 1.81 bits per heavy atom. The van der Waals surface area contributed by atoms with Crippen LogP contribution in [0.2, 0.25) is 0 Å². The fourth-order valence-corrected chi connectivity index (χ4v) is 4.54. The lowest BCUT2D eigenvalue weighted by Crippen LogP contribution is -2.15. The first kappa shape index (κ1) is 14.8. The summed E-state index contributed by atoms with van der Waals surface area (Å²) in [5.41, 5.74) is 2.49. The molecule has 0 radical (unpaired) electrons. The highest BCUT2D eigenvalue weighted by atomic mass is 32.1. The van der Waals surface area contributed by atoms with Crippen molar-refractivity contribution >= 4 is 32.1 Å². The summed E-state index contributed by atoms with van der Waals surface area (Å²) in [6, 6.07) is 12.7. The van der Waals surface area contributed by atoms with Crippen molar-refractivity contribution in [2.24, 2.45) is 0 Å². The fraction of sp³-hybridized carbons (Fsp3) is 0.333. The zero-order valence-electron chi connectivity index (χ0n) is 12.6. The van der Waals surface area contributed by atoms with E-state index in [0.29, 0.717) is 0 Å². The predicted molar refractivity (Wildman–Crippen MR) is 93.5 cm³/mol. The van der Waals surface area contributed by atoms with Crippen LogP contribution in [-0.4, -0.2) is 5.11 Å². The Kier molecular flexibility index (Phi) is 3.91. The average Bonchev–Trinajstić information content (AvgIpc) is 3.08. The number of hydrogen-bond acceptors (Lipinski definition) is 3. The molecule has 1 nitrogen and oxygen atoms in total. The first-order chi connectivity index (χ1) is 10.0. The van der Waals surface area contributed by atoms with Gasteiger partial charge in [0.05, 0.1) is 0 Å². The monoisotopic (exact) mass is 316 g/mol. The van der Waals surface area contributed by atoms with Crippen LogP contribution in [0.3, 0.4) is 0 Å². The molecule has 0 fully saturated rings. The van der Waals surface area contributed by atoms with Gasteiger partial charge in [-0.05, 0) is 40.5 Å². The highest BCUT2D eigenvalue weighted by molar-refractivity contribution is 7.26. The van der Waals surface area contributed by atoms with Gasteiger partial charge >= 0.3 is 0 Å². The Morgan fingerprint density at radius 3 is 2.43 bits per heavy atom. The summed E-state index contributed by atoms with van der Waals surface area (Å²) < 4.78 is 2.52. The summed E-state index contributed by atoms with van der Waals surface area (Å²) >= 11 is 3.41. The molecule has 1 aromatic carbocycles. The third-order valence-electron chi connectivity index (χ3n) is 4.32. The van der Waals surface area contributed by atoms with Crippen molar-refractivity contribution in [2.45, 2.75) is 38.7 Å². The van der Waals surface area contributed by atoms with Crippen molar-refractivity contribution in [1.82, 2.24) is 0 Å². The molecule has 1 unspecified atom stereocenters. The Bertz CT molecular complexity index is 706. The zero-order valence-corrected chi connectivity index (χ0v) is 14.2. The van der Waals surface area contributed by atoms with E-state index in [0.717, 1.165) is 16.9 Å². The minimum absolute atomic E-state index is 0.190. The van der Waals surface area contributed by atoms with Crippen LogP contribution in [0.1, 0.15) is 49.3 Å². The lowest BCUT2D eigenvalue weighted by atomic mass is 9.82. The summed E-state index contributed by atoms with van der Waals surface area (Å²) in [6.45, 7) is 6.72. The standard InChI is InChI=1S/C18H20OS2/c1-4-18(2,3)13-7-5-12(6-8-13)17(19)16-11-15-14(21-16)9-10-20-15/h5-11,17,19H,4H2,1-3H3. The number of aliphatic hydroxyl groups excluding tert-OH is 1. The van der Waals surface area contributed by atoms with Crippen LogP contribution >= 0.6 is 22.7 Å². The van der Waals surface area contributed by atoms with E-state index in [2.05, 4.69) is 62.5 Å². The van der Waals surface area contributed by atoms with Gasteiger partial charge in [0.1, 0.15) is 6.10 Å². The van der Waals surface area contributed by atoms with Gasteiger partial charge in [-0.25, -0.2) is 0 Å². The lowest BCUT2D eigenvalue weighted by molar-refractivity contribution is 0.224. The molecule has 0 saturated carbocycles. The largest absolute Gasteiger partial charge is 0.383 e. The quantitative estimate of drug-likeness (QED) is 0.651. The van der Waals surface area contributed by atoms with Gasteiger partial charge in [-0.2, -0.15) is 0 Å². The second kappa shape index (κ2) is 5.56. The number of fused-ring (bicyclic) bond motifs is 1. The number of thiophene rings is 2. The van der Waals surface area contributed by atoms with E-state index in [1.165, 1.54) is 15.0 Å². The van der Waals surface area contributed by atoms with Gasteiger partial charge in [0.15, 0.2) is 0 Å². The summed E-state index contributed by atoms with van der Waals surface area (Å²) in [4.78, 5) is 1.03. The van der Waals surface area contributed by atoms with Gasteiger partial charge in [-0.15, -0.1) is 22.7 Å². The van der Waals surface area contributed by atoms with Gasteiger partial charge in [0, 0.05) is 14.3 Å². The lowest BCUT2D eigenvalue weighted by Gasteiger charge is -2.23. The van der Waals surface area contributed by atoms with Crippen molar-refractivity contribution in [3.05, 3.63) is 57.8 Å². The van der Waals surface area contributed by atoms with Gasteiger partial charge in [0.25, 0.3) is 0 Å². The predicted octanol–water partition coefficient (Wildman–Crippen LogP) is 5.73. The van der Waals surface area contributed by atoms with Crippen molar-refractivity contribution in [3.63, 3.8) is 0 Å². The zero-order chi connectivity index (χ0) is 15.0. The van der Waals surface area contributed by atoms with E-state index >= 15 is 0 Å². The molecule has 2 heterocycles. The smallest absolute Gasteiger partial charge is 0.113 e. The van der Waals surface area contributed by atoms with E-state index in [-0.39, 0.29) is 5.41 Å². The highest BCUT2D eigenvalue weighted by Gasteiger charge is 2.19. The molecule has 110 valence electrons. The van der Waals surface area contributed by atoms with E-state index < -0.39 is 6.10 Å². The minimum atomic E-state index is -0.520. The van der Waals surface area contributed by atoms with Crippen LogP contribution in [0.15, 0.2) is 41.8 Å². The van der Waals surface area contributed by atoms with Crippen molar-refractivity contribution < 1.29 is 5.11 Å². The third kappa shape index (κ3) is 2.78. The highest BCUT2D eigenvalue weighted by Crippen LogP contribution is 2.36. The van der Waals surface area contributed by atoms with E-state index in [9.17, 15) is 5.11 Å². The van der Waals surface area contributed by atoms with E-state index in [1.54, 1.807) is 22.7 Å². The molecule has 1 atom stereocenters. The molecule has 0 aliphatic heterocycles. The van der Waals surface area contributed by atoms with Gasteiger partial charge < -0.3 is 5.11 Å². The number of benzene rings is 1. The Morgan fingerprint density at radius 1 is 1.10 bits per heavy atom. The normalized spacial score (nSPS) is 13.7. The van der Waals surface area contributed by atoms with Crippen LogP contribution < -0.4 is 0 Å². The van der Waals surface area contributed by atoms with Crippen LogP contribution in [0.25, 0.3) is 9.40 Å². The average molecular weight is 316 g/mol. The molecule has 0 spiro atoms. The molecule has 3 aromatic rings. The molecule has 0 bridgehead atoms. The Hall–Kier alpha value is -1.16. The maximum Gasteiger partial charge on any atom is 0.113 e. The fourth-order valence-electron chi connectivity index (χ4n) is 2.40. The summed E-state index contributed by atoms with van der Waals surface area (Å²) in [6.07, 6.45) is 0.587. The Labute approximate surface area is 133 Å². The maximum absolute atomic E-state index is 10.6. The second-order valence-electron chi connectivity index (χ2n) is 6.06. The van der Waals surface area contributed by atoms with Crippen molar-refractivity contribution in [2.75, 3.05) is 0 Å². The topological polar surface area (TPSA) is 20.2 Å². The second-order valence-corrected chi connectivity index (χ2v) is 8.12. The number of aliphatic hydroxyl groups is 1. The molecule has 0 aliphatic carbocycles. The number of rotatable bonds is 4. The molecule has 3 rings (SSSR count). The Balaban J connectivity index is 1.88. The molecular weight excluding hydrogens is 296 g/mol. The molecule has 2 aromatic heterocycles. The summed E-state index contributed by atoms with van der Waals surface area (Å²) in [5, 5.41) is 12.7. The first-order valence-electron chi connectivity index (χ1n) is 7.27. The van der Waals surface area contributed by atoms with Crippen molar-refractivity contribution in [3.8, 4) is 0 Å². The third-order valence-corrected chi connectivity index (χ3v) is 6.47. The molecule has 0 amide bonds. The van der Waals surface area contributed by atoms with Crippen molar-refractivity contribution in [1.29, 1.82) is 0 Å². The van der Waals surface area contributed by atoms with Gasteiger partial charge in [-0.1, -0.05) is 45.0 Å². The van der Waals surface area contributed by atoms with Crippen LogP contribution in [-0.2, 0) is 5.41 Å². The summed E-state index contributed by atoms with van der Waals surface area (Å²) in [7, 11) is 0. The first-order valence-corrected chi connectivity index (χ1v) is 8.96. The SMILES string of the molecule is CCC(C)(C)c1ccc(C(O)c2cc3sccc3s2)cc1. The van der Waals surface area contributed by atoms with Crippen LogP contribution in [0.4, 0.5) is 0 Å². The van der Waals surface area contributed by atoms with Gasteiger partial charge in [0.2, 0.25) is 0 Å². The van der Waals surface area contributed by atoms with Crippen LogP contribution in [0.5, 0.6) is 0 Å². The maximum atomic E-state index is 10.6. The van der Waals surface area contributed by atoms with Gasteiger partial charge in [-0.3, -0.25) is 0 Å². The molecular formula is C18H20OS2. The number of hydrogen-bond donors (Lipinski definition) is 1. The molecule has 0 aliphatic rings. The minimum Gasteiger partial charge on any atom is -0.383 e. The van der Waals surface area contributed by atoms with Crippen LogP contribution in [0, 0.1) is 0 Å². The molecule has 1 N–H and O–H groups in total. The molecule has 21 heavy (non-hydrogen) atoms. The molecule has 3 heteroatoms. The summed E-state index contributed by atoms with van der Waals surface area (Å²) in [5.74, 6) is 0.